The summed E-state index contributed by atoms with van der Waals surface area (Å²) in [6.45, 7) is 3.48. The van der Waals surface area contributed by atoms with Crippen molar-refractivity contribution in [3.8, 4) is 0 Å². The van der Waals surface area contributed by atoms with Crippen molar-refractivity contribution in [3.05, 3.63) is 34.9 Å². The Morgan fingerprint density at radius 3 is 2.39 bits per heavy atom. The minimum Gasteiger partial charge on any atom is -0.388 e. The quantitative estimate of drug-likeness (QED) is 0.896. The Bertz CT molecular complexity index is 404. The van der Waals surface area contributed by atoms with E-state index in [9.17, 15) is 18.3 Å². The van der Waals surface area contributed by atoms with Gasteiger partial charge in [-0.3, -0.25) is 0 Å². The van der Waals surface area contributed by atoms with E-state index in [2.05, 4.69) is 0 Å². The summed E-state index contributed by atoms with van der Waals surface area (Å²) in [5, 5.41) is 10.1. The lowest BCUT2D eigenvalue weighted by atomic mass is 9.94. The maximum absolute atomic E-state index is 12.5. The van der Waals surface area contributed by atoms with E-state index in [4.69, 9.17) is 0 Å². The first-order chi connectivity index (χ1) is 8.27. The SMILES string of the molecule is CSCC(C)C(O)c1ccc(C(F)(F)F)cc1C. The van der Waals surface area contributed by atoms with Crippen molar-refractivity contribution in [1.29, 1.82) is 0 Å². The highest BCUT2D eigenvalue weighted by molar-refractivity contribution is 7.98. The number of hydrogen-bond acceptors (Lipinski definition) is 2. The molecule has 5 heteroatoms. The molecule has 0 aliphatic rings. The maximum Gasteiger partial charge on any atom is 0.416 e. The molecule has 1 aromatic rings. The van der Waals surface area contributed by atoms with Crippen molar-refractivity contribution >= 4 is 11.8 Å². The summed E-state index contributed by atoms with van der Waals surface area (Å²) in [5.74, 6) is 0.775. The zero-order valence-electron chi connectivity index (χ0n) is 10.6. The highest BCUT2D eigenvalue weighted by Crippen LogP contribution is 2.33. The Hall–Kier alpha value is -0.680. The van der Waals surface area contributed by atoms with Gasteiger partial charge < -0.3 is 5.11 Å². The molecule has 0 spiro atoms. The number of alkyl halides is 3. The molecule has 0 aliphatic carbocycles. The molecule has 0 amide bonds. The molecule has 1 N–H and O–H groups in total. The molecule has 0 saturated carbocycles. The minimum atomic E-state index is -4.33. The summed E-state index contributed by atoms with van der Waals surface area (Å²) in [5.41, 5.74) is 0.378. The highest BCUT2D eigenvalue weighted by atomic mass is 32.2. The van der Waals surface area contributed by atoms with Gasteiger partial charge in [0.1, 0.15) is 0 Å². The lowest BCUT2D eigenvalue weighted by Gasteiger charge is -2.21. The average molecular weight is 278 g/mol. The summed E-state index contributed by atoms with van der Waals surface area (Å²) >= 11 is 1.61. The van der Waals surface area contributed by atoms with Gasteiger partial charge in [0.15, 0.2) is 0 Å². The molecule has 0 aromatic heterocycles. The second-order valence-electron chi connectivity index (χ2n) is 4.45. The van der Waals surface area contributed by atoms with Crippen molar-refractivity contribution in [2.24, 2.45) is 5.92 Å². The average Bonchev–Trinajstić information content (AvgIpc) is 2.27. The van der Waals surface area contributed by atoms with Gasteiger partial charge in [-0.2, -0.15) is 24.9 Å². The lowest BCUT2D eigenvalue weighted by Crippen LogP contribution is -2.14. The molecule has 102 valence electrons. The molecule has 0 radical (unpaired) electrons. The molecule has 18 heavy (non-hydrogen) atoms. The number of thioether (sulfide) groups is 1. The zero-order chi connectivity index (χ0) is 13.9. The van der Waals surface area contributed by atoms with Crippen molar-refractivity contribution in [2.75, 3.05) is 12.0 Å². The van der Waals surface area contributed by atoms with Crippen LogP contribution in [0.5, 0.6) is 0 Å². The number of aryl methyl sites for hydroxylation is 1. The van der Waals surface area contributed by atoms with Crippen LogP contribution >= 0.6 is 11.8 Å². The van der Waals surface area contributed by atoms with Gasteiger partial charge in [-0.25, -0.2) is 0 Å². The number of halogens is 3. The number of aliphatic hydroxyl groups excluding tert-OH is 1. The van der Waals surface area contributed by atoms with E-state index in [1.807, 2.05) is 13.2 Å². The largest absolute Gasteiger partial charge is 0.416 e. The normalized spacial score (nSPS) is 15.5. The van der Waals surface area contributed by atoms with Crippen molar-refractivity contribution < 1.29 is 18.3 Å². The van der Waals surface area contributed by atoms with Crippen LogP contribution in [0, 0.1) is 12.8 Å². The van der Waals surface area contributed by atoms with Crippen molar-refractivity contribution in [1.82, 2.24) is 0 Å². The van der Waals surface area contributed by atoms with Gasteiger partial charge in [0, 0.05) is 0 Å². The molecule has 0 saturated heterocycles. The Labute approximate surface area is 109 Å². The van der Waals surface area contributed by atoms with Crippen LogP contribution < -0.4 is 0 Å². The Kier molecular flexibility index (Phi) is 5.10. The molecule has 0 bridgehead atoms. The smallest absolute Gasteiger partial charge is 0.388 e. The fraction of sp³-hybridized carbons (Fsp3) is 0.538. The third-order valence-electron chi connectivity index (χ3n) is 2.88. The lowest BCUT2D eigenvalue weighted by molar-refractivity contribution is -0.137. The van der Waals surface area contributed by atoms with Gasteiger partial charge in [0.25, 0.3) is 0 Å². The molecular weight excluding hydrogens is 261 g/mol. The molecule has 1 nitrogen and oxygen atoms in total. The minimum absolute atomic E-state index is 0.00966. The van der Waals surface area contributed by atoms with Crippen LogP contribution in [0.1, 0.15) is 29.7 Å². The van der Waals surface area contributed by atoms with Crippen LogP contribution in [-0.2, 0) is 6.18 Å². The van der Waals surface area contributed by atoms with Crippen LogP contribution in [0.3, 0.4) is 0 Å². The fourth-order valence-corrected chi connectivity index (χ4v) is 2.55. The fourth-order valence-electron chi connectivity index (χ4n) is 1.84. The molecule has 2 unspecified atom stereocenters. The Balaban J connectivity index is 2.99. The predicted molar refractivity (Wildman–Crippen MR) is 68.7 cm³/mol. The Morgan fingerprint density at radius 2 is 1.94 bits per heavy atom. The summed E-state index contributed by atoms with van der Waals surface area (Å²) in [7, 11) is 0. The van der Waals surface area contributed by atoms with Crippen LogP contribution in [0.25, 0.3) is 0 Å². The standard InChI is InChI=1S/C13H17F3OS/c1-8-6-10(13(14,15)16)4-5-11(8)12(17)9(2)7-18-3/h4-6,9,12,17H,7H2,1-3H3. The van der Waals surface area contributed by atoms with Crippen LogP contribution in [0.15, 0.2) is 18.2 Å². The van der Waals surface area contributed by atoms with E-state index in [1.54, 1.807) is 18.7 Å². The first-order valence-electron chi connectivity index (χ1n) is 5.62. The number of benzene rings is 1. The van der Waals surface area contributed by atoms with Crippen LogP contribution in [0.2, 0.25) is 0 Å². The molecule has 0 heterocycles. The monoisotopic (exact) mass is 278 g/mol. The predicted octanol–water partition coefficient (Wildman–Crippen LogP) is 4.05. The number of rotatable bonds is 4. The second-order valence-corrected chi connectivity index (χ2v) is 5.36. The van der Waals surface area contributed by atoms with E-state index in [0.717, 1.165) is 17.9 Å². The van der Waals surface area contributed by atoms with E-state index in [-0.39, 0.29) is 5.92 Å². The molecule has 0 aliphatic heterocycles. The molecule has 0 fully saturated rings. The highest BCUT2D eigenvalue weighted by Gasteiger charge is 2.31. The van der Waals surface area contributed by atoms with Gasteiger partial charge in [-0.05, 0) is 48.1 Å². The van der Waals surface area contributed by atoms with Crippen molar-refractivity contribution in [2.45, 2.75) is 26.1 Å². The zero-order valence-corrected chi connectivity index (χ0v) is 11.4. The van der Waals surface area contributed by atoms with Crippen LogP contribution in [-0.4, -0.2) is 17.1 Å². The third kappa shape index (κ3) is 3.65. The van der Waals surface area contributed by atoms with E-state index in [1.165, 1.54) is 6.07 Å². The van der Waals surface area contributed by atoms with Gasteiger partial charge in [0.2, 0.25) is 0 Å². The summed E-state index contributed by atoms with van der Waals surface area (Å²) in [6, 6.07) is 3.49. The van der Waals surface area contributed by atoms with Gasteiger partial charge in [0.05, 0.1) is 11.7 Å². The third-order valence-corrected chi connectivity index (χ3v) is 3.74. The summed E-state index contributed by atoms with van der Waals surface area (Å²) in [4.78, 5) is 0. The van der Waals surface area contributed by atoms with E-state index < -0.39 is 17.8 Å². The van der Waals surface area contributed by atoms with Crippen LogP contribution in [0.4, 0.5) is 13.2 Å². The maximum atomic E-state index is 12.5. The number of aliphatic hydroxyl groups is 1. The van der Waals surface area contributed by atoms with E-state index in [0.29, 0.717) is 11.1 Å². The summed E-state index contributed by atoms with van der Waals surface area (Å²) < 4.78 is 37.5. The van der Waals surface area contributed by atoms with Gasteiger partial charge in [-0.1, -0.05) is 13.0 Å². The Morgan fingerprint density at radius 1 is 1.33 bits per heavy atom. The molecular formula is C13H17F3OS. The number of hydrogen-bond donors (Lipinski definition) is 1. The first-order valence-corrected chi connectivity index (χ1v) is 7.01. The summed E-state index contributed by atoms with van der Waals surface area (Å²) in [6.07, 6.45) is -3.12. The van der Waals surface area contributed by atoms with E-state index >= 15 is 0 Å². The van der Waals surface area contributed by atoms with Crippen molar-refractivity contribution in [3.63, 3.8) is 0 Å². The van der Waals surface area contributed by atoms with Gasteiger partial charge in [-0.15, -0.1) is 0 Å². The molecule has 1 rings (SSSR count). The topological polar surface area (TPSA) is 20.2 Å². The molecule has 1 aromatic carbocycles. The first kappa shape index (κ1) is 15.4. The van der Waals surface area contributed by atoms with Gasteiger partial charge >= 0.3 is 6.18 Å². The second kappa shape index (κ2) is 5.97. The molecule has 2 atom stereocenters.